The van der Waals surface area contributed by atoms with Crippen LogP contribution in [0.15, 0.2) is 34.2 Å². The molecule has 0 saturated heterocycles. The average molecular weight is 359 g/mol. The van der Waals surface area contributed by atoms with Gasteiger partial charge in [0.2, 0.25) is 0 Å². The summed E-state index contributed by atoms with van der Waals surface area (Å²) >= 11 is 30.8. The maximum absolute atomic E-state index is 6.04. The van der Waals surface area contributed by atoms with E-state index in [-0.39, 0.29) is 5.15 Å². The van der Waals surface area contributed by atoms with Crippen molar-refractivity contribution < 1.29 is 0 Å². The minimum atomic E-state index is 0.212. The molecule has 2 aromatic rings. The molecule has 0 aliphatic rings. The van der Waals surface area contributed by atoms with Gasteiger partial charge in [0.1, 0.15) is 10.2 Å². The Morgan fingerprint density at radius 1 is 0.778 bits per heavy atom. The summed E-state index contributed by atoms with van der Waals surface area (Å²) in [4.78, 5) is 4.97. The molecule has 0 radical (unpaired) electrons. The van der Waals surface area contributed by atoms with Gasteiger partial charge in [0.05, 0.1) is 20.1 Å². The van der Waals surface area contributed by atoms with Crippen molar-refractivity contribution in [2.24, 2.45) is 0 Å². The van der Waals surface area contributed by atoms with Gasteiger partial charge in [0, 0.05) is 4.90 Å². The second-order valence-electron chi connectivity index (χ2n) is 3.23. The zero-order chi connectivity index (χ0) is 13.3. The molecular weight excluding hydrogens is 355 g/mol. The molecule has 0 fully saturated rings. The number of hydrogen-bond donors (Lipinski definition) is 0. The first-order valence-electron chi connectivity index (χ1n) is 4.62. The zero-order valence-corrected chi connectivity index (χ0v) is 13.2. The summed E-state index contributed by atoms with van der Waals surface area (Å²) in [7, 11) is 0. The number of pyridine rings is 1. The minimum absolute atomic E-state index is 0.212. The molecule has 2 rings (SSSR count). The lowest BCUT2D eigenvalue weighted by atomic mass is 10.4. The largest absolute Gasteiger partial charge is 0.226 e. The molecule has 0 saturated carbocycles. The number of rotatable bonds is 2. The fourth-order valence-electron chi connectivity index (χ4n) is 1.15. The van der Waals surface area contributed by atoms with Crippen LogP contribution in [-0.2, 0) is 0 Å². The van der Waals surface area contributed by atoms with Crippen molar-refractivity contribution in [2.75, 3.05) is 0 Å². The Labute approximate surface area is 133 Å². The fraction of sp³-hybridized carbons (Fsp3) is 0. The van der Waals surface area contributed by atoms with Crippen LogP contribution in [0.5, 0.6) is 0 Å². The SMILES string of the molecule is Clc1ccc(Sc2nc(Cl)c(Cl)cc2Cl)cc1Cl. The lowest BCUT2D eigenvalue weighted by Crippen LogP contribution is -1.84. The molecule has 1 heterocycles. The third-order valence-corrected chi connectivity index (χ3v) is 4.77. The molecule has 0 aliphatic heterocycles. The molecule has 94 valence electrons. The topological polar surface area (TPSA) is 12.9 Å². The highest BCUT2D eigenvalue weighted by atomic mass is 35.5. The van der Waals surface area contributed by atoms with Gasteiger partial charge < -0.3 is 0 Å². The van der Waals surface area contributed by atoms with E-state index in [2.05, 4.69) is 4.98 Å². The molecule has 0 bridgehead atoms. The minimum Gasteiger partial charge on any atom is -0.226 e. The number of benzene rings is 1. The molecule has 1 nitrogen and oxygen atoms in total. The monoisotopic (exact) mass is 357 g/mol. The zero-order valence-electron chi connectivity index (χ0n) is 8.55. The van der Waals surface area contributed by atoms with E-state index in [4.69, 9.17) is 58.0 Å². The molecule has 18 heavy (non-hydrogen) atoms. The van der Waals surface area contributed by atoms with Gasteiger partial charge in [-0.3, -0.25) is 0 Å². The second-order valence-corrected chi connectivity index (χ2v) is 6.27. The maximum atomic E-state index is 6.04. The standard InChI is InChI=1S/C11H4Cl5NS/c12-6-2-1-5(3-7(6)13)18-11-9(15)4-8(14)10(16)17-11/h1-4H. The van der Waals surface area contributed by atoms with Crippen molar-refractivity contribution in [1.82, 2.24) is 4.98 Å². The van der Waals surface area contributed by atoms with E-state index in [1.807, 2.05) is 6.07 Å². The van der Waals surface area contributed by atoms with Gasteiger partial charge in [0.15, 0.2) is 0 Å². The van der Waals surface area contributed by atoms with Gasteiger partial charge in [-0.05, 0) is 24.3 Å². The number of halogens is 5. The van der Waals surface area contributed by atoms with E-state index in [0.29, 0.717) is 25.1 Å². The lowest BCUT2D eigenvalue weighted by Gasteiger charge is -2.06. The van der Waals surface area contributed by atoms with E-state index in [1.165, 1.54) is 11.8 Å². The van der Waals surface area contributed by atoms with Crippen molar-refractivity contribution >= 4 is 69.8 Å². The van der Waals surface area contributed by atoms with Crippen LogP contribution >= 0.6 is 69.8 Å². The molecule has 1 aromatic heterocycles. The first-order chi connectivity index (χ1) is 8.47. The molecule has 0 unspecified atom stereocenters. The van der Waals surface area contributed by atoms with Crippen molar-refractivity contribution in [1.29, 1.82) is 0 Å². The Morgan fingerprint density at radius 2 is 1.50 bits per heavy atom. The Hall–Kier alpha value is 0.170. The summed E-state index contributed by atoms with van der Waals surface area (Å²) in [6, 6.07) is 6.81. The summed E-state index contributed by atoms with van der Waals surface area (Å²) in [5.74, 6) is 0. The van der Waals surface area contributed by atoms with Crippen LogP contribution in [0.3, 0.4) is 0 Å². The smallest absolute Gasteiger partial charge is 0.149 e. The van der Waals surface area contributed by atoms with Crippen LogP contribution in [0.1, 0.15) is 0 Å². The molecule has 1 aromatic carbocycles. The first-order valence-corrected chi connectivity index (χ1v) is 7.32. The summed E-state index contributed by atoms with van der Waals surface area (Å²) in [6.07, 6.45) is 0. The van der Waals surface area contributed by atoms with Crippen LogP contribution in [0.25, 0.3) is 0 Å². The van der Waals surface area contributed by atoms with Gasteiger partial charge in [-0.1, -0.05) is 69.8 Å². The molecule has 0 amide bonds. The summed E-state index contributed by atoms with van der Waals surface area (Å²) in [6.45, 7) is 0. The van der Waals surface area contributed by atoms with Crippen LogP contribution in [0.2, 0.25) is 25.2 Å². The van der Waals surface area contributed by atoms with Crippen LogP contribution in [0.4, 0.5) is 0 Å². The Bertz CT molecular complexity index is 602. The second kappa shape index (κ2) is 6.08. The Morgan fingerprint density at radius 3 is 2.17 bits per heavy atom. The lowest BCUT2D eigenvalue weighted by molar-refractivity contribution is 1.13. The summed E-state index contributed by atoms with van der Waals surface area (Å²) in [5.41, 5.74) is 0. The highest BCUT2D eigenvalue weighted by Gasteiger charge is 2.10. The van der Waals surface area contributed by atoms with Gasteiger partial charge in [-0.2, -0.15) is 0 Å². The molecule has 0 atom stereocenters. The summed E-state index contributed by atoms with van der Waals surface area (Å²) < 4.78 is 0. The molecule has 7 heteroatoms. The normalized spacial score (nSPS) is 10.7. The van der Waals surface area contributed by atoms with Gasteiger partial charge in [-0.25, -0.2) is 4.98 Å². The van der Waals surface area contributed by atoms with Gasteiger partial charge in [-0.15, -0.1) is 0 Å². The Balaban J connectivity index is 2.34. The number of nitrogens with zero attached hydrogens (tertiary/aromatic N) is 1. The van der Waals surface area contributed by atoms with Crippen molar-refractivity contribution in [3.05, 3.63) is 49.5 Å². The van der Waals surface area contributed by atoms with E-state index in [1.54, 1.807) is 18.2 Å². The predicted octanol–water partition coefficient (Wildman–Crippen LogP) is 6.50. The van der Waals surface area contributed by atoms with Crippen molar-refractivity contribution in [3.8, 4) is 0 Å². The molecule has 0 aliphatic carbocycles. The van der Waals surface area contributed by atoms with Gasteiger partial charge in [0.25, 0.3) is 0 Å². The number of aromatic nitrogens is 1. The van der Waals surface area contributed by atoms with Crippen LogP contribution in [-0.4, -0.2) is 4.98 Å². The third kappa shape index (κ3) is 3.38. The first kappa shape index (κ1) is 14.6. The molecule has 0 N–H and O–H groups in total. The highest BCUT2D eigenvalue weighted by Crippen LogP contribution is 2.37. The van der Waals surface area contributed by atoms with E-state index in [0.717, 1.165) is 4.90 Å². The average Bonchev–Trinajstić information content (AvgIpc) is 2.31. The molecule has 0 spiro atoms. The highest BCUT2D eigenvalue weighted by molar-refractivity contribution is 7.99. The van der Waals surface area contributed by atoms with Gasteiger partial charge >= 0.3 is 0 Å². The Kier molecular flexibility index (Phi) is 4.92. The van der Waals surface area contributed by atoms with Crippen LogP contribution in [0, 0.1) is 0 Å². The van der Waals surface area contributed by atoms with Crippen molar-refractivity contribution in [3.63, 3.8) is 0 Å². The number of hydrogen-bond acceptors (Lipinski definition) is 2. The van der Waals surface area contributed by atoms with Crippen molar-refractivity contribution in [2.45, 2.75) is 9.92 Å². The van der Waals surface area contributed by atoms with E-state index < -0.39 is 0 Å². The van der Waals surface area contributed by atoms with E-state index >= 15 is 0 Å². The van der Waals surface area contributed by atoms with E-state index in [9.17, 15) is 0 Å². The third-order valence-electron chi connectivity index (χ3n) is 1.96. The fourth-order valence-corrected chi connectivity index (χ4v) is 3.01. The maximum Gasteiger partial charge on any atom is 0.149 e. The predicted molar refractivity (Wildman–Crippen MR) is 79.9 cm³/mol. The molecular formula is C11H4Cl5NS. The summed E-state index contributed by atoms with van der Waals surface area (Å²) in [5, 5.41) is 2.49. The van der Waals surface area contributed by atoms with Crippen LogP contribution < -0.4 is 0 Å². The quantitative estimate of drug-likeness (QED) is 0.568.